The maximum atomic E-state index is 13.6. The van der Waals surface area contributed by atoms with Crippen molar-refractivity contribution in [1.29, 1.82) is 0 Å². The summed E-state index contributed by atoms with van der Waals surface area (Å²) in [5.41, 5.74) is 5.41. The molecule has 1 heterocycles. The second-order valence-electron chi connectivity index (χ2n) is 3.96. The normalized spacial score (nSPS) is 20.1. The van der Waals surface area contributed by atoms with E-state index in [1.54, 1.807) is 11.9 Å². The van der Waals surface area contributed by atoms with E-state index in [0.717, 1.165) is 18.6 Å². The lowest BCUT2D eigenvalue weighted by atomic mass is 10.2. The highest BCUT2D eigenvalue weighted by Gasteiger charge is 2.25. The molecule has 88 valence electrons. The molecule has 1 aromatic rings. The van der Waals surface area contributed by atoms with Crippen LogP contribution in [0.4, 0.5) is 20.2 Å². The van der Waals surface area contributed by atoms with Gasteiger partial charge >= 0.3 is 0 Å². The molecule has 2 rings (SSSR count). The highest BCUT2D eigenvalue weighted by atomic mass is 19.1. The number of hydrogen-bond donors (Lipinski definition) is 1. The van der Waals surface area contributed by atoms with Gasteiger partial charge in [-0.05, 0) is 18.6 Å². The lowest BCUT2D eigenvalue weighted by molar-refractivity contribution is 0.193. The molecule has 0 amide bonds. The van der Waals surface area contributed by atoms with E-state index < -0.39 is 11.6 Å². The Morgan fingerprint density at radius 2 is 2.00 bits per heavy atom. The van der Waals surface area contributed by atoms with E-state index in [2.05, 4.69) is 0 Å². The van der Waals surface area contributed by atoms with Crippen LogP contribution in [0.1, 0.15) is 6.42 Å². The number of nitrogen functional groups attached to an aromatic ring is 1. The van der Waals surface area contributed by atoms with Gasteiger partial charge in [0.15, 0.2) is 11.6 Å². The summed E-state index contributed by atoms with van der Waals surface area (Å²) in [6, 6.07) is 2.28. The quantitative estimate of drug-likeness (QED) is 0.784. The van der Waals surface area contributed by atoms with Gasteiger partial charge < -0.3 is 15.4 Å². The van der Waals surface area contributed by atoms with Crippen molar-refractivity contribution in [2.24, 2.45) is 0 Å². The number of halogens is 2. The van der Waals surface area contributed by atoms with Gasteiger partial charge in [0.05, 0.1) is 12.6 Å². The molecule has 1 aliphatic heterocycles. The topological polar surface area (TPSA) is 38.5 Å². The van der Waals surface area contributed by atoms with Gasteiger partial charge in [-0.25, -0.2) is 8.78 Å². The monoisotopic (exact) mass is 228 g/mol. The second kappa shape index (κ2) is 4.25. The molecule has 0 radical (unpaired) electrons. The predicted molar refractivity (Wildman–Crippen MR) is 58.4 cm³/mol. The van der Waals surface area contributed by atoms with Gasteiger partial charge in [0.25, 0.3) is 0 Å². The van der Waals surface area contributed by atoms with Gasteiger partial charge in [-0.1, -0.05) is 0 Å². The van der Waals surface area contributed by atoms with Crippen LogP contribution in [-0.2, 0) is 4.74 Å². The summed E-state index contributed by atoms with van der Waals surface area (Å²) in [7, 11) is 1.66. The highest BCUT2D eigenvalue weighted by Crippen LogP contribution is 2.28. The molecule has 1 fully saturated rings. The minimum absolute atomic E-state index is 0.0209. The van der Waals surface area contributed by atoms with Crippen LogP contribution in [-0.4, -0.2) is 26.3 Å². The van der Waals surface area contributed by atoms with Crippen molar-refractivity contribution in [3.63, 3.8) is 0 Å². The zero-order chi connectivity index (χ0) is 11.7. The molecule has 0 spiro atoms. The molecule has 1 aliphatic rings. The number of nitrogens with zero attached hydrogens (tertiary/aromatic N) is 1. The standard InChI is InChI=1S/C11H14F2N2O/c1-15(8-2-3-16-6-8)11-9(12)4-7(14)5-10(11)13/h4-5,8H,2-3,6,14H2,1H3. The number of nitrogens with two attached hydrogens (primary N) is 1. The number of rotatable bonds is 2. The van der Waals surface area contributed by atoms with Crippen LogP contribution < -0.4 is 10.6 Å². The molecule has 3 nitrogen and oxygen atoms in total. The van der Waals surface area contributed by atoms with E-state index >= 15 is 0 Å². The Hall–Kier alpha value is -1.36. The van der Waals surface area contributed by atoms with Gasteiger partial charge in [0, 0.05) is 19.3 Å². The molecule has 0 bridgehead atoms. The van der Waals surface area contributed by atoms with Crippen molar-refractivity contribution in [3.8, 4) is 0 Å². The first-order chi connectivity index (χ1) is 7.59. The van der Waals surface area contributed by atoms with Gasteiger partial charge in [0.2, 0.25) is 0 Å². The fraction of sp³-hybridized carbons (Fsp3) is 0.455. The van der Waals surface area contributed by atoms with Crippen molar-refractivity contribution in [3.05, 3.63) is 23.8 Å². The fourth-order valence-electron chi connectivity index (χ4n) is 1.93. The van der Waals surface area contributed by atoms with Gasteiger partial charge in [-0.15, -0.1) is 0 Å². The van der Waals surface area contributed by atoms with E-state index in [9.17, 15) is 8.78 Å². The van der Waals surface area contributed by atoms with Gasteiger partial charge in [-0.3, -0.25) is 0 Å². The molecule has 1 aromatic carbocycles. The summed E-state index contributed by atoms with van der Waals surface area (Å²) in [5, 5.41) is 0. The van der Waals surface area contributed by atoms with Crippen molar-refractivity contribution < 1.29 is 13.5 Å². The van der Waals surface area contributed by atoms with Crippen molar-refractivity contribution in [2.75, 3.05) is 30.9 Å². The van der Waals surface area contributed by atoms with Crippen molar-refractivity contribution in [1.82, 2.24) is 0 Å². The maximum Gasteiger partial charge on any atom is 0.151 e. The largest absolute Gasteiger partial charge is 0.399 e. The predicted octanol–water partition coefficient (Wildman–Crippen LogP) is 1.77. The first-order valence-corrected chi connectivity index (χ1v) is 5.14. The summed E-state index contributed by atoms with van der Waals surface area (Å²) in [6.45, 7) is 1.13. The highest BCUT2D eigenvalue weighted by molar-refractivity contribution is 5.56. The molecule has 0 aliphatic carbocycles. The third-order valence-electron chi connectivity index (χ3n) is 2.85. The molecule has 2 N–H and O–H groups in total. The smallest absolute Gasteiger partial charge is 0.151 e. The van der Waals surface area contributed by atoms with Crippen LogP contribution in [0.5, 0.6) is 0 Å². The van der Waals surface area contributed by atoms with Crippen LogP contribution in [0.25, 0.3) is 0 Å². The van der Waals surface area contributed by atoms with E-state index in [1.165, 1.54) is 0 Å². The van der Waals surface area contributed by atoms with E-state index in [4.69, 9.17) is 10.5 Å². The van der Waals surface area contributed by atoms with Crippen molar-refractivity contribution >= 4 is 11.4 Å². The lowest BCUT2D eigenvalue weighted by Crippen LogP contribution is -2.33. The van der Waals surface area contributed by atoms with Crippen LogP contribution in [0, 0.1) is 11.6 Å². The third kappa shape index (κ3) is 1.95. The molecule has 5 heteroatoms. The molecular weight excluding hydrogens is 214 g/mol. The molecule has 16 heavy (non-hydrogen) atoms. The van der Waals surface area contributed by atoms with Crippen LogP contribution >= 0.6 is 0 Å². The van der Waals surface area contributed by atoms with E-state index in [1.807, 2.05) is 0 Å². The Kier molecular flexibility index (Phi) is 2.96. The average Bonchev–Trinajstić information content (AvgIpc) is 2.67. The number of hydrogen-bond acceptors (Lipinski definition) is 3. The molecule has 0 aromatic heterocycles. The molecule has 0 saturated carbocycles. The second-order valence-corrected chi connectivity index (χ2v) is 3.96. The maximum absolute atomic E-state index is 13.6. The van der Waals surface area contributed by atoms with Crippen LogP contribution in [0.15, 0.2) is 12.1 Å². The van der Waals surface area contributed by atoms with E-state index in [-0.39, 0.29) is 17.4 Å². The number of anilines is 2. The number of likely N-dealkylation sites (N-methyl/N-ethyl adjacent to an activating group) is 1. The third-order valence-corrected chi connectivity index (χ3v) is 2.85. The molecular formula is C11H14F2N2O. The van der Waals surface area contributed by atoms with Crippen LogP contribution in [0.2, 0.25) is 0 Å². The Balaban J connectivity index is 2.31. The molecule has 1 atom stereocenters. The van der Waals surface area contributed by atoms with Crippen molar-refractivity contribution in [2.45, 2.75) is 12.5 Å². The Morgan fingerprint density at radius 1 is 1.38 bits per heavy atom. The first-order valence-electron chi connectivity index (χ1n) is 5.14. The fourth-order valence-corrected chi connectivity index (χ4v) is 1.93. The zero-order valence-electron chi connectivity index (χ0n) is 9.04. The summed E-state index contributed by atoms with van der Waals surface area (Å²) >= 11 is 0. The minimum Gasteiger partial charge on any atom is -0.399 e. The minimum atomic E-state index is -0.632. The Bertz CT molecular complexity index is 369. The Morgan fingerprint density at radius 3 is 2.50 bits per heavy atom. The number of benzene rings is 1. The van der Waals surface area contributed by atoms with Gasteiger partial charge in [0.1, 0.15) is 5.69 Å². The summed E-state index contributed by atoms with van der Waals surface area (Å²) in [6.07, 6.45) is 0.778. The summed E-state index contributed by atoms with van der Waals surface area (Å²) < 4.78 is 32.4. The summed E-state index contributed by atoms with van der Waals surface area (Å²) in [4.78, 5) is 1.58. The SMILES string of the molecule is CN(c1c(F)cc(N)cc1F)C1CCOC1. The van der Waals surface area contributed by atoms with Crippen LogP contribution in [0.3, 0.4) is 0 Å². The lowest BCUT2D eigenvalue weighted by Gasteiger charge is -2.26. The summed E-state index contributed by atoms with van der Waals surface area (Å²) in [5.74, 6) is -1.26. The zero-order valence-corrected chi connectivity index (χ0v) is 9.04. The molecule has 1 saturated heterocycles. The average molecular weight is 228 g/mol. The first kappa shape index (κ1) is 11.1. The van der Waals surface area contributed by atoms with Gasteiger partial charge in [-0.2, -0.15) is 0 Å². The van der Waals surface area contributed by atoms with E-state index in [0.29, 0.717) is 13.2 Å². The molecule has 1 unspecified atom stereocenters. The number of ether oxygens (including phenoxy) is 1. The Labute approximate surface area is 92.8 Å².